The summed E-state index contributed by atoms with van der Waals surface area (Å²) in [7, 11) is -3.84. The molecule has 2 aromatic carbocycles. The van der Waals surface area contributed by atoms with Crippen LogP contribution >= 0.6 is 0 Å². The van der Waals surface area contributed by atoms with Crippen LogP contribution in [0.3, 0.4) is 0 Å². The van der Waals surface area contributed by atoms with Crippen LogP contribution in [0.15, 0.2) is 53.4 Å². The lowest BCUT2D eigenvalue weighted by molar-refractivity contribution is -0.161. The average Bonchev–Trinajstić information content (AvgIpc) is 2.73. The molecule has 0 unspecified atom stereocenters. The summed E-state index contributed by atoms with van der Waals surface area (Å²) in [5.74, 6) is -0.544. The van der Waals surface area contributed by atoms with Gasteiger partial charge in [0.05, 0.1) is 10.9 Å². The summed E-state index contributed by atoms with van der Waals surface area (Å²) in [6, 6.07) is 8.28. The fourth-order valence-electron chi connectivity index (χ4n) is 3.33. The first-order valence-electron chi connectivity index (χ1n) is 10.4. The minimum absolute atomic E-state index is 0.0114. The molecular weight excluding hydrogens is 457 g/mol. The molecule has 0 saturated heterocycles. The Kier molecular flexibility index (Phi) is 9.01. The number of hydrogen-bond acceptors (Lipinski definition) is 5. The van der Waals surface area contributed by atoms with Gasteiger partial charge in [0, 0.05) is 13.1 Å². The average molecular weight is 487 g/mol. The number of rotatable bonds is 10. The second-order valence-corrected chi connectivity index (χ2v) is 9.66. The molecule has 2 atom stereocenters. The van der Waals surface area contributed by atoms with Crippen molar-refractivity contribution in [2.75, 3.05) is 13.1 Å². The molecule has 2 rings (SSSR count). The van der Waals surface area contributed by atoms with E-state index in [1.165, 1.54) is 48.5 Å². The molecule has 0 radical (unpaired) electrons. The number of hydrogen-bond donors (Lipinski definition) is 4. The van der Waals surface area contributed by atoms with Gasteiger partial charge in [0.25, 0.3) is 0 Å². The Labute approximate surface area is 191 Å². The first-order chi connectivity index (χ1) is 15.3. The summed E-state index contributed by atoms with van der Waals surface area (Å²) in [6.45, 7) is 4.00. The summed E-state index contributed by atoms with van der Waals surface area (Å²) in [6.07, 6.45) is -4.42. The highest BCUT2D eigenvalue weighted by atomic mass is 32.2. The zero-order chi connectivity index (χ0) is 24.8. The van der Waals surface area contributed by atoms with E-state index in [1.807, 2.05) is 13.8 Å². The molecule has 2 aromatic rings. The Morgan fingerprint density at radius 3 is 1.94 bits per heavy atom. The molecule has 11 heteroatoms. The van der Waals surface area contributed by atoms with Crippen molar-refractivity contribution in [3.05, 3.63) is 54.1 Å². The van der Waals surface area contributed by atoms with Gasteiger partial charge >= 0.3 is 6.18 Å². The van der Waals surface area contributed by atoms with Gasteiger partial charge < -0.3 is 11.1 Å². The number of benzene rings is 2. The molecule has 0 bridgehead atoms. The van der Waals surface area contributed by atoms with Crippen LogP contribution in [-0.4, -0.2) is 39.6 Å². The smallest absolute Gasteiger partial charge is 0.353 e. The van der Waals surface area contributed by atoms with Crippen LogP contribution in [0.5, 0.6) is 0 Å². The first-order valence-corrected chi connectivity index (χ1v) is 11.9. The van der Waals surface area contributed by atoms with Gasteiger partial charge in [0.2, 0.25) is 15.9 Å². The second kappa shape index (κ2) is 11.1. The predicted octanol–water partition coefficient (Wildman–Crippen LogP) is 2.68. The van der Waals surface area contributed by atoms with Gasteiger partial charge in [-0.2, -0.15) is 13.2 Å². The van der Waals surface area contributed by atoms with Crippen molar-refractivity contribution in [1.29, 1.82) is 0 Å². The van der Waals surface area contributed by atoms with Crippen molar-refractivity contribution in [2.24, 2.45) is 16.8 Å². The summed E-state index contributed by atoms with van der Waals surface area (Å²) in [5.41, 5.74) is 6.54. The van der Waals surface area contributed by atoms with E-state index in [1.54, 1.807) is 0 Å². The number of primary sulfonamides is 1. The zero-order valence-electron chi connectivity index (χ0n) is 18.4. The van der Waals surface area contributed by atoms with Crippen molar-refractivity contribution in [2.45, 2.75) is 43.4 Å². The zero-order valence-corrected chi connectivity index (χ0v) is 19.2. The maximum Gasteiger partial charge on any atom is 0.407 e. The number of nitrogens with two attached hydrogens (primary N) is 2. The molecule has 0 fully saturated rings. The highest BCUT2D eigenvalue weighted by molar-refractivity contribution is 7.89. The molecule has 0 spiro atoms. The highest BCUT2D eigenvalue weighted by Gasteiger charge is 2.42. The van der Waals surface area contributed by atoms with E-state index >= 15 is 0 Å². The SMILES string of the molecule is CC(C)C[C@H](N[C@@H](c1ccc(-c2ccc(S(N)(=O)=O)cc2)cc1)C(F)(F)F)C(=O)NCCN. The Morgan fingerprint density at radius 2 is 1.52 bits per heavy atom. The predicted molar refractivity (Wildman–Crippen MR) is 120 cm³/mol. The monoisotopic (exact) mass is 486 g/mol. The maximum atomic E-state index is 13.9. The number of carbonyl (C=O) groups excluding carboxylic acids is 1. The lowest BCUT2D eigenvalue weighted by atomic mass is 9.97. The highest BCUT2D eigenvalue weighted by Crippen LogP contribution is 2.34. The normalized spacial score (nSPS) is 14.2. The largest absolute Gasteiger partial charge is 0.407 e. The number of carbonyl (C=O) groups is 1. The summed E-state index contributed by atoms with van der Waals surface area (Å²) in [4.78, 5) is 12.4. The Bertz CT molecular complexity index is 1020. The van der Waals surface area contributed by atoms with Crippen LogP contribution in [0.4, 0.5) is 13.2 Å². The van der Waals surface area contributed by atoms with E-state index < -0.39 is 34.2 Å². The van der Waals surface area contributed by atoms with Crippen LogP contribution in [0.25, 0.3) is 11.1 Å². The second-order valence-electron chi connectivity index (χ2n) is 8.09. The van der Waals surface area contributed by atoms with Gasteiger partial charge in [-0.15, -0.1) is 0 Å². The molecule has 1 amide bonds. The number of nitrogens with one attached hydrogen (secondary N) is 2. The third kappa shape index (κ3) is 7.81. The molecule has 33 heavy (non-hydrogen) atoms. The van der Waals surface area contributed by atoms with E-state index in [0.29, 0.717) is 11.1 Å². The van der Waals surface area contributed by atoms with Crippen LogP contribution in [0.1, 0.15) is 31.9 Å². The minimum atomic E-state index is -4.64. The molecular formula is C22H29F3N4O3S. The Balaban J connectivity index is 2.30. The molecule has 0 saturated carbocycles. The molecule has 0 aliphatic rings. The van der Waals surface area contributed by atoms with E-state index in [4.69, 9.17) is 10.9 Å². The quantitative estimate of drug-likeness (QED) is 0.411. The number of alkyl halides is 3. The molecule has 0 aliphatic carbocycles. The van der Waals surface area contributed by atoms with Gasteiger partial charge in [0.15, 0.2) is 0 Å². The number of halogens is 3. The van der Waals surface area contributed by atoms with Gasteiger partial charge in [-0.05, 0) is 41.2 Å². The molecule has 0 aliphatic heterocycles. The molecule has 0 aromatic heterocycles. The molecule has 6 N–H and O–H groups in total. The third-order valence-corrected chi connectivity index (χ3v) is 5.85. The fraction of sp³-hybridized carbons (Fsp3) is 0.409. The maximum absolute atomic E-state index is 13.9. The van der Waals surface area contributed by atoms with Crippen molar-refractivity contribution in [1.82, 2.24) is 10.6 Å². The van der Waals surface area contributed by atoms with E-state index in [9.17, 15) is 26.4 Å². The van der Waals surface area contributed by atoms with E-state index in [0.717, 1.165) is 0 Å². The fourth-order valence-corrected chi connectivity index (χ4v) is 3.84. The lowest BCUT2D eigenvalue weighted by Gasteiger charge is -2.28. The molecule has 7 nitrogen and oxygen atoms in total. The van der Waals surface area contributed by atoms with E-state index in [-0.39, 0.29) is 35.9 Å². The number of sulfonamides is 1. The summed E-state index contributed by atoms with van der Waals surface area (Å²) in [5, 5.41) is 10.1. The van der Waals surface area contributed by atoms with E-state index in [2.05, 4.69) is 10.6 Å². The standard InChI is InChI=1S/C22H29F3N4O3S/c1-14(2)13-19(21(30)28-12-11-26)29-20(22(23,24)25)17-5-3-15(4-6-17)16-7-9-18(10-8-16)33(27,31)32/h3-10,14,19-20,29H,11-13,26H2,1-2H3,(H,28,30)(H2,27,31,32)/t19-,20-/m0/s1. The van der Waals surface area contributed by atoms with Crippen LogP contribution < -0.4 is 21.5 Å². The Morgan fingerprint density at radius 1 is 1.00 bits per heavy atom. The van der Waals surface area contributed by atoms with Gasteiger partial charge in [-0.1, -0.05) is 50.2 Å². The minimum Gasteiger partial charge on any atom is -0.353 e. The first kappa shape index (κ1) is 26.8. The van der Waals surface area contributed by atoms with Crippen LogP contribution in [0.2, 0.25) is 0 Å². The van der Waals surface area contributed by atoms with Gasteiger partial charge in [-0.3, -0.25) is 10.1 Å². The topological polar surface area (TPSA) is 127 Å². The Hall–Kier alpha value is -2.47. The molecule has 0 heterocycles. The summed E-state index contributed by atoms with van der Waals surface area (Å²) < 4.78 is 64.5. The van der Waals surface area contributed by atoms with Crippen molar-refractivity contribution < 1.29 is 26.4 Å². The van der Waals surface area contributed by atoms with Crippen LogP contribution in [0, 0.1) is 5.92 Å². The van der Waals surface area contributed by atoms with Crippen molar-refractivity contribution in [3.63, 3.8) is 0 Å². The van der Waals surface area contributed by atoms with Gasteiger partial charge in [0.1, 0.15) is 6.04 Å². The van der Waals surface area contributed by atoms with Gasteiger partial charge in [-0.25, -0.2) is 13.6 Å². The van der Waals surface area contributed by atoms with Crippen molar-refractivity contribution >= 4 is 15.9 Å². The lowest BCUT2D eigenvalue weighted by Crippen LogP contribution is -2.50. The molecule has 182 valence electrons. The van der Waals surface area contributed by atoms with Crippen molar-refractivity contribution in [3.8, 4) is 11.1 Å². The van der Waals surface area contributed by atoms with Crippen LogP contribution in [-0.2, 0) is 14.8 Å². The summed E-state index contributed by atoms with van der Waals surface area (Å²) >= 11 is 0. The number of amides is 1. The third-order valence-electron chi connectivity index (χ3n) is 4.92.